The minimum absolute atomic E-state index is 0.0965. The summed E-state index contributed by atoms with van der Waals surface area (Å²) in [6.45, 7) is -0.170. The number of rotatable bonds is 12. The number of carbonyl (C=O) groups excluding carboxylic acids is 1. The summed E-state index contributed by atoms with van der Waals surface area (Å²) in [7, 11) is -4.50. The lowest BCUT2D eigenvalue weighted by atomic mass is 9.97. The second-order valence-electron chi connectivity index (χ2n) is 10.1. The number of alkyl halides is 1. The number of para-hydroxylation sites is 1. The van der Waals surface area contributed by atoms with Crippen LogP contribution in [0, 0.1) is 0 Å². The molecule has 17 heteroatoms. The Morgan fingerprint density at radius 3 is 2.69 bits per heavy atom. The number of H-pyrrole nitrogens is 1. The normalized spacial score (nSPS) is 26.5. The van der Waals surface area contributed by atoms with E-state index in [1.807, 2.05) is 4.98 Å². The molecule has 1 saturated heterocycles. The van der Waals surface area contributed by atoms with Crippen molar-refractivity contribution in [2.45, 2.75) is 75.3 Å². The van der Waals surface area contributed by atoms with Crippen LogP contribution in [0.5, 0.6) is 5.75 Å². The number of aromatic nitrogens is 2. The number of aliphatic hydroxyl groups excluding tert-OH is 1. The van der Waals surface area contributed by atoms with Crippen LogP contribution in [0.15, 0.2) is 57.3 Å². The number of aliphatic hydroxyl groups is 1. The van der Waals surface area contributed by atoms with Crippen molar-refractivity contribution in [3.05, 3.63) is 73.9 Å². The van der Waals surface area contributed by atoms with E-state index >= 15 is 4.39 Å². The summed E-state index contributed by atoms with van der Waals surface area (Å²) in [6, 6.07) is 7.64. The lowest BCUT2D eigenvalue weighted by Crippen LogP contribution is -2.49. The van der Waals surface area contributed by atoms with Crippen molar-refractivity contribution in [2.75, 3.05) is 13.2 Å². The van der Waals surface area contributed by atoms with Crippen molar-refractivity contribution < 1.29 is 37.4 Å². The Morgan fingerprint density at radius 2 is 2.02 bits per heavy atom. The van der Waals surface area contributed by atoms with Crippen molar-refractivity contribution in [1.29, 1.82) is 0 Å². The number of ether oxygens (including phenoxy) is 2. The molecule has 15 nitrogen and oxygen atoms in total. The molecule has 0 radical (unpaired) electrons. The fraction of sp³-hybridized carbons (Fsp3) is 0.560. The van der Waals surface area contributed by atoms with Crippen LogP contribution in [-0.2, 0) is 23.4 Å². The number of nitrogens with zero attached hydrogens (tertiary/aromatic N) is 4. The van der Waals surface area contributed by atoms with Crippen LogP contribution in [0.1, 0.15) is 45.3 Å². The van der Waals surface area contributed by atoms with Gasteiger partial charge < -0.3 is 19.1 Å². The molecule has 0 bridgehead atoms. The molecule has 0 spiro atoms. The number of hydrogen-bond acceptors (Lipinski definition) is 10. The molecule has 3 N–H and O–H groups in total. The first-order chi connectivity index (χ1) is 20.1. The summed E-state index contributed by atoms with van der Waals surface area (Å²) in [5.74, 6) is -0.594. The number of aromatic amines is 1. The molecule has 1 aliphatic heterocycles. The second-order valence-corrected chi connectivity index (χ2v) is 11.8. The molecule has 1 aromatic carbocycles. The highest BCUT2D eigenvalue weighted by Crippen LogP contribution is 2.48. The maximum absolute atomic E-state index is 15.4. The molecule has 2 aromatic rings. The summed E-state index contributed by atoms with van der Waals surface area (Å²) in [4.78, 5) is 41.2. The van der Waals surface area contributed by atoms with Crippen molar-refractivity contribution >= 4 is 13.7 Å². The molecule has 2 unspecified atom stereocenters. The molecular weight excluding hydrogens is 578 g/mol. The van der Waals surface area contributed by atoms with E-state index in [2.05, 4.69) is 15.1 Å². The molecule has 1 saturated carbocycles. The van der Waals surface area contributed by atoms with Crippen LogP contribution in [0.4, 0.5) is 4.39 Å². The Balaban J connectivity index is 1.58. The minimum atomic E-state index is -4.50. The van der Waals surface area contributed by atoms with Gasteiger partial charge in [-0.15, -0.1) is 0 Å². The molecule has 1 aromatic heterocycles. The van der Waals surface area contributed by atoms with Gasteiger partial charge in [-0.05, 0) is 50.3 Å². The molecule has 0 amide bonds. The number of esters is 1. The SMILES string of the molecule is CC(NP(=O)(OC[C@@]1(CN=[N+]=[N-])O[C@@H](n2ccc(=O)[nH]c2=O)[C@H](F)[C@@H]1O)Oc1ccccc1)C(=O)OC1CCCCC1. The Kier molecular flexibility index (Phi) is 10.2. The molecule has 2 fully saturated rings. The molecular formula is C25H32FN6O9P. The van der Waals surface area contributed by atoms with E-state index in [0.717, 1.165) is 31.5 Å². The van der Waals surface area contributed by atoms with Crippen LogP contribution in [0.3, 0.4) is 0 Å². The summed E-state index contributed by atoms with van der Waals surface area (Å²) in [5.41, 5.74) is 5.02. The molecule has 2 aliphatic rings. The zero-order valence-electron chi connectivity index (χ0n) is 22.7. The van der Waals surface area contributed by atoms with Crippen molar-refractivity contribution in [3.63, 3.8) is 0 Å². The van der Waals surface area contributed by atoms with Crippen molar-refractivity contribution in [1.82, 2.24) is 14.6 Å². The van der Waals surface area contributed by atoms with E-state index in [1.165, 1.54) is 19.1 Å². The summed E-state index contributed by atoms with van der Waals surface area (Å²) in [6.07, 6.45) is -1.04. The maximum Gasteiger partial charge on any atom is 0.459 e. The van der Waals surface area contributed by atoms with Crippen LogP contribution in [0.2, 0.25) is 0 Å². The number of benzene rings is 1. The molecule has 4 rings (SSSR count). The summed E-state index contributed by atoms with van der Waals surface area (Å²) in [5, 5.41) is 16.8. The highest BCUT2D eigenvalue weighted by molar-refractivity contribution is 7.52. The Hall–Kier alpha value is -3.52. The first kappa shape index (κ1) is 31.4. The van der Waals surface area contributed by atoms with Gasteiger partial charge in [-0.3, -0.25) is 23.7 Å². The monoisotopic (exact) mass is 610 g/mol. The average Bonchev–Trinajstić information content (AvgIpc) is 3.21. The lowest BCUT2D eigenvalue weighted by Gasteiger charge is -2.32. The second kappa shape index (κ2) is 13.6. The minimum Gasteiger partial charge on any atom is -0.461 e. The zero-order chi connectivity index (χ0) is 30.3. The molecule has 1 aliphatic carbocycles. The summed E-state index contributed by atoms with van der Waals surface area (Å²) >= 11 is 0. The molecule has 2 heterocycles. The summed E-state index contributed by atoms with van der Waals surface area (Å²) < 4.78 is 52.6. The Morgan fingerprint density at radius 1 is 1.31 bits per heavy atom. The van der Waals surface area contributed by atoms with Crippen LogP contribution >= 0.6 is 7.75 Å². The van der Waals surface area contributed by atoms with Gasteiger partial charge in [-0.1, -0.05) is 29.7 Å². The number of hydrogen-bond donors (Lipinski definition) is 3. The van der Waals surface area contributed by atoms with E-state index in [0.29, 0.717) is 17.4 Å². The smallest absolute Gasteiger partial charge is 0.459 e. The van der Waals surface area contributed by atoms with E-state index in [-0.39, 0.29) is 11.9 Å². The average molecular weight is 611 g/mol. The van der Waals surface area contributed by atoms with Gasteiger partial charge in [0, 0.05) is 17.2 Å². The fourth-order valence-electron chi connectivity index (χ4n) is 4.75. The van der Waals surface area contributed by atoms with Gasteiger partial charge in [0.15, 0.2) is 12.4 Å². The van der Waals surface area contributed by atoms with Gasteiger partial charge in [-0.2, -0.15) is 5.09 Å². The van der Waals surface area contributed by atoms with E-state index in [9.17, 15) is 24.1 Å². The van der Waals surface area contributed by atoms with Crippen LogP contribution in [0.25, 0.3) is 10.4 Å². The third-order valence-corrected chi connectivity index (χ3v) is 8.61. The highest BCUT2D eigenvalue weighted by Gasteiger charge is 2.57. The quantitative estimate of drug-likeness (QED) is 0.105. The Labute approximate surface area is 239 Å². The standard InChI is InChI=1S/C25H32FN6O9P/c1-16(23(35)39-17-8-4-2-5-9-17)30-42(37,41-18-10-6-3-7-11-18)38-15-25(14-28-31-27)21(34)20(26)22(40-25)32-13-12-19(33)29-24(32)36/h3,6-7,10-13,16-17,20-22,34H,2,4-5,8-9,14-15H2,1H3,(H,30,37)(H,29,33,36)/t16?,20-,21+,22-,25-,42?/m1/s1. The first-order valence-electron chi connectivity index (χ1n) is 13.4. The molecule has 42 heavy (non-hydrogen) atoms. The number of carbonyl (C=O) groups is 1. The maximum atomic E-state index is 15.4. The topological polar surface area (TPSA) is 207 Å². The van der Waals surface area contributed by atoms with Crippen LogP contribution < -0.4 is 20.9 Å². The molecule has 6 atom stereocenters. The Bertz CT molecular complexity index is 1450. The van der Waals surface area contributed by atoms with E-state index in [1.54, 1.807) is 18.2 Å². The lowest BCUT2D eigenvalue weighted by molar-refractivity contribution is -0.152. The van der Waals surface area contributed by atoms with Gasteiger partial charge in [0.05, 0.1) is 13.2 Å². The zero-order valence-corrected chi connectivity index (χ0v) is 23.6. The third kappa shape index (κ3) is 7.46. The number of azide groups is 1. The predicted molar refractivity (Wildman–Crippen MR) is 145 cm³/mol. The largest absolute Gasteiger partial charge is 0.461 e. The number of halogens is 1. The predicted octanol–water partition coefficient (Wildman–Crippen LogP) is 2.87. The van der Waals surface area contributed by atoms with Crippen molar-refractivity contribution in [3.8, 4) is 5.75 Å². The van der Waals surface area contributed by atoms with Crippen LogP contribution in [-0.4, -0.2) is 63.8 Å². The number of nitrogens with one attached hydrogen (secondary N) is 2. The van der Waals surface area contributed by atoms with Crippen molar-refractivity contribution in [2.24, 2.45) is 5.11 Å². The van der Waals surface area contributed by atoms with E-state index < -0.39 is 68.3 Å². The van der Waals surface area contributed by atoms with E-state index in [4.69, 9.17) is 24.1 Å². The van der Waals surface area contributed by atoms with Gasteiger partial charge in [0.25, 0.3) is 5.56 Å². The van der Waals surface area contributed by atoms with Gasteiger partial charge >= 0.3 is 19.4 Å². The molecule has 228 valence electrons. The van der Waals surface area contributed by atoms with Gasteiger partial charge in [0.2, 0.25) is 0 Å². The first-order valence-corrected chi connectivity index (χ1v) is 14.9. The highest BCUT2D eigenvalue weighted by atomic mass is 31.2. The third-order valence-electron chi connectivity index (χ3n) is 6.98. The fourth-order valence-corrected chi connectivity index (χ4v) is 6.30. The van der Waals surface area contributed by atoms with Gasteiger partial charge in [-0.25, -0.2) is 13.8 Å². The van der Waals surface area contributed by atoms with Gasteiger partial charge in [0.1, 0.15) is 29.6 Å².